The Bertz CT molecular complexity index is 848. The van der Waals surface area contributed by atoms with Crippen LogP contribution in [-0.4, -0.2) is 42.1 Å². The maximum Gasteiger partial charge on any atom is 0.229 e. The fraction of sp³-hybridized carbons (Fsp3) is 0.571. The molecule has 25 heavy (non-hydrogen) atoms. The normalized spacial score (nSPS) is 45.2. The number of nitrogens with zero attached hydrogens (tertiary/aromatic N) is 2. The minimum absolute atomic E-state index is 0.113. The summed E-state index contributed by atoms with van der Waals surface area (Å²) in [5, 5.41) is 0. The summed E-state index contributed by atoms with van der Waals surface area (Å²) in [7, 11) is 0. The summed E-state index contributed by atoms with van der Waals surface area (Å²) in [5.74, 6) is 1.35. The maximum atomic E-state index is 13.2. The van der Waals surface area contributed by atoms with Crippen molar-refractivity contribution < 1.29 is 9.53 Å². The SMILES string of the molecule is O=C1CC2OCCC3=CN4CCC56c7ccccc7N1C5C2C3CC46. The Kier molecular flexibility index (Phi) is 2.21. The molecule has 7 rings (SSSR count). The zero-order valence-corrected chi connectivity index (χ0v) is 14.2. The molecule has 1 amide bonds. The number of carbonyl (C=O) groups excluding carboxylic acids is 1. The fourth-order valence-corrected chi connectivity index (χ4v) is 7.46. The fourth-order valence-electron chi connectivity index (χ4n) is 7.46. The molecule has 6 unspecified atom stereocenters. The smallest absolute Gasteiger partial charge is 0.229 e. The molecular formula is C21H22N2O2. The van der Waals surface area contributed by atoms with Gasteiger partial charge in [-0.25, -0.2) is 0 Å². The predicted octanol–water partition coefficient (Wildman–Crippen LogP) is 2.44. The number of rotatable bonds is 0. The molecule has 1 aromatic rings. The molecule has 5 aliphatic heterocycles. The molecule has 4 fully saturated rings. The number of para-hydroxylation sites is 1. The first kappa shape index (κ1) is 13.4. The van der Waals surface area contributed by atoms with Crippen molar-refractivity contribution in [2.75, 3.05) is 18.1 Å². The topological polar surface area (TPSA) is 32.8 Å². The minimum Gasteiger partial charge on any atom is -0.377 e. The van der Waals surface area contributed by atoms with Gasteiger partial charge in [0.15, 0.2) is 0 Å². The summed E-state index contributed by atoms with van der Waals surface area (Å²) >= 11 is 0. The molecule has 1 aromatic carbocycles. The van der Waals surface area contributed by atoms with Crippen LogP contribution < -0.4 is 4.90 Å². The van der Waals surface area contributed by atoms with E-state index in [4.69, 9.17) is 4.74 Å². The van der Waals surface area contributed by atoms with Gasteiger partial charge in [-0.2, -0.15) is 0 Å². The molecule has 6 aliphatic rings. The lowest BCUT2D eigenvalue weighted by Crippen LogP contribution is -2.68. The Hall–Kier alpha value is -1.81. The van der Waals surface area contributed by atoms with Crippen LogP contribution in [0.5, 0.6) is 0 Å². The molecule has 0 aromatic heterocycles. The lowest BCUT2D eigenvalue weighted by Gasteiger charge is -2.57. The van der Waals surface area contributed by atoms with Gasteiger partial charge in [0.05, 0.1) is 25.2 Å². The lowest BCUT2D eigenvalue weighted by atomic mass is 9.54. The third kappa shape index (κ3) is 1.31. The lowest BCUT2D eigenvalue weighted by molar-refractivity contribution is -0.131. The van der Waals surface area contributed by atoms with E-state index in [9.17, 15) is 4.79 Å². The molecule has 1 saturated carbocycles. The van der Waals surface area contributed by atoms with Gasteiger partial charge in [-0.15, -0.1) is 0 Å². The molecule has 1 aliphatic carbocycles. The van der Waals surface area contributed by atoms with Crippen molar-refractivity contribution in [2.45, 2.75) is 49.3 Å². The first-order valence-corrected chi connectivity index (χ1v) is 9.78. The summed E-state index contributed by atoms with van der Waals surface area (Å²) in [4.78, 5) is 18.0. The largest absolute Gasteiger partial charge is 0.377 e. The van der Waals surface area contributed by atoms with Crippen molar-refractivity contribution in [3.63, 3.8) is 0 Å². The highest BCUT2D eigenvalue weighted by atomic mass is 16.5. The summed E-state index contributed by atoms with van der Waals surface area (Å²) in [6, 6.07) is 9.59. The molecule has 4 nitrogen and oxygen atoms in total. The van der Waals surface area contributed by atoms with Crippen LogP contribution in [0.25, 0.3) is 0 Å². The number of carbonyl (C=O) groups is 1. The van der Waals surface area contributed by atoms with Crippen LogP contribution in [0.3, 0.4) is 0 Å². The Balaban J connectivity index is 1.56. The number of piperidine rings is 1. The van der Waals surface area contributed by atoms with E-state index in [0.29, 0.717) is 30.3 Å². The van der Waals surface area contributed by atoms with Crippen LogP contribution in [0, 0.1) is 11.8 Å². The third-order valence-electron chi connectivity index (χ3n) is 8.16. The molecule has 0 N–H and O–H groups in total. The van der Waals surface area contributed by atoms with E-state index >= 15 is 0 Å². The van der Waals surface area contributed by atoms with Gasteiger partial charge in [0, 0.05) is 29.6 Å². The van der Waals surface area contributed by atoms with Crippen molar-refractivity contribution in [1.82, 2.24) is 4.90 Å². The highest BCUT2D eigenvalue weighted by Gasteiger charge is 2.70. The Morgan fingerprint density at radius 2 is 2.16 bits per heavy atom. The number of anilines is 1. The molecule has 2 bridgehead atoms. The van der Waals surface area contributed by atoms with Crippen LogP contribution in [0.15, 0.2) is 36.0 Å². The standard InChI is InChI=1S/C21H22N2O2/c24-18-10-16-19-13-9-17-21(6-7-22(17)11-12(13)5-8-25-16)14-3-1-2-4-15(14)23(18)20(19)21/h1-4,11,13,16-17,19-20H,5-10H2. The van der Waals surface area contributed by atoms with E-state index < -0.39 is 0 Å². The first-order valence-electron chi connectivity index (χ1n) is 9.78. The van der Waals surface area contributed by atoms with Crippen LogP contribution >= 0.6 is 0 Å². The maximum absolute atomic E-state index is 13.2. The van der Waals surface area contributed by atoms with Gasteiger partial charge in [0.25, 0.3) is 0 Å². The number of benzene rings is 1. The number of ether oxygens (including phenoxy) is 1. The molecule has 3 saturated heterocycles. The predicted molar refractivity (Wildman–Crippen MR) is 93.2 cm³/mol. The van der Waals surface area contributed by atoms with E-state index in [0.717, 1.165) is 19.6 Å². The summed E-state index contributed by atoms with van der Waals surface area (Å²) in [5.41, 5.74) is 4.32. The second kappa shape index (κ2) is 4.12. The van der Waals surface area contributed by atoms with E-state index in [1.807, 2.05) is 0 Å². The van der Waals surface area contributed by atoms with Crippen molar-refractivity contribution in [3.8, 4) is 0 Å². The van der Waals surface area contributed by atoms with E-state index in [1.165, 1.54) is 24.1 Å². The van der Waals surface area contributed by atoms with Gasteiger partial charge in [-0.3, -0.25) is 4.79 Å². The van der Waals surface area contributed by atoms with Crippen LogP contribution in [0.1, 0.15) is 31.2 Å². The molecule has 1 spiro atoms. The monoisotopic (exact) mass is 334 g/mol. The Morgan fingerprint density at radius 1 is 1.24 bits per heavy atom. The van der Waals surface area contributed by atoms with Crippen LogP contribution in [-0.2, 0) is 14.9 Å². The molecule has 4 heteroatoms. The first-order chi connectivity index (χ1) is 12.3. The van der Waals surface area contributed by atoms with Crippen molar-refractivity contribution in [3.05, 3.63) is 41.6 Å². The van der Waals surface area contributed by atoms with Gasteiger partial charge >= 0.3 is 0 Å². The second-order valence-electron chi connectivity index (χ2n) is 8.76. The number of amides is 1. The van der Waals surface area contributed by atoms with Crippen LogP contribution in [0.4, 0.5) is 5.69 Å². The molecule has 128 valence electrons. The van der Waals surface area contributed by atoms with Crippen molar-refractivity contribution in [2.24, 2.45) is 11.8 Å². The molecular weight excluding hydrogens is 312 g/mol. The Labute approximate surface area is 147 Å². The third-order valence-corrected chi connectivity index (χ3v) is 8.16. The highest BCUT2D eigenvalue weighted by molar-refractivity contribution is 5.99. The molecule has 5 heterocycles. The van der Waals surface area contributed by atoms with E-state index in [2.05, 4.69) is 40.3 Å². The Morgan fingerprint density at radius 3 is 3.12 bits per heavy atom. The summed E-state index contributed by atoms with van der Waals surface area (Å²) in [6.07, 6.45) is 6.62. The van der Waals surface area contributed by atoms with Gasteiger partial charge in [-0.05, 0) is 48.6 Å². The highest BCUT2D eigenvalue weighted by Crippen LogP contribution is 2.65. The van der Waals surface area contributed by atoms with Gasteiger partial charge in [-0.1, -0.05) is 18.2 Å². The van der Waals surface area contributed by atoms with E-state index in [1.54, 1.807) is 5.57 Å². The zero-order chi connectivity index (χ0) is 16.3. The average Bonchev–Trinajstić information content (AvgIpc) is 3.10. The zero-order valence-electron chi connectivity index (χ0n) is 14.2. The molecule has 6 atom stereocenters. The van der Waals surface area contributed by atoms with Crippen molar-refractivity contribution in [1.29, 1.82) is 0 Å². The number of fused-ring (bicyclic) bond motifs is 2. The number of hydrogen-bond acceptors (Lipinski definition) is 3. The summed E-state index contributed by atoms with van der Waals surface area (Å²) in [6.45, 7) is 1.91. The van der Waals surface area contributed by atoms with Gasteiger partial charge < -0.3 is 14.5 Å². The minimum atomic E-state index is 0.113. The van der Waals surface area contributed by atoms with Gasteiger partial charge in [0.2, 0.25) is 5.91 Å². The van der Waals surface area contributed by atoms with Gasteiger partial charge in [0.1, 0.15) is 0 Å². The quantitative estimate of drug-likeness (QED) is 0.731. The van der Waals surface area contributed by atoms with E-state index in [-0.39, 0.29) is 17.4 Å². The summed E-state index contributed by atoms with van der Waals surface area (Å²) < 4.78 is 6.29. The second-order valence-corrected chi connectivity index (χ2v) is 8.76. The average molecular weight is 334 g/mol. The molecule has 0 radical (unpaired) electrons. The van der Waals surface area contributed by atoms with Crippen LogP contribution in [0.2, 0.25) is 0 Å². The number of hydrogen-bond donors (Lipinski definition) is 0. The van der Waals surface area contributed by atoms with Crippen molar-refractivity contribution >= 4 is 11.6 Å².